The summed E-state index contributed by atoms with van der Waals surface area (Å²) >= 11 is 5.91. The molecule has 6 rings (SSSR count). The van der Waals surface area contributed by atoms with Crippen molar-refractivity contribution in [1.82, 2.24) is 19.9 Å². The molecule has 0 bridgehead atoms. The second-order valence-corrected chi connectivity index (χ2v) is 9.71. The molecule has 38 heavy (non-hydrogen) atoms. The van der Waals surface area contributed by atoms with Crippen LogP contribution >= 0.6 is 12.2 Å². The number of pyridine rings is 2. The number of rotatable bonds is 7. The third-order valence-electron chi connectivity index (χ3n) is 6.71. The maximum atomic E-state index is 6.07. The fraction of sp³-hybridized carbons (Fsp3) is 0.129. The molecule has 1 fully saturated rings. The molecular formula is C31H27N5OS. The molecule has 1 aliphatic heterocycles. The van der Waals surface area contributed by atoms with Crippen LogP contribution in [0.1, 0.15) is 34.6 Å². The molecule has 4 heterocycles. The fourth-order valence-electron chi connectivity index (χ4n) is 4.88. The number of thiocarbonyl (C=S) groups is 1. The maximum absolute atomic E-state index is 6.07. The molecule has 2 atom stereocenters. The van der Waals surface area contributed by atoms with Crippen molar-refractivity contribution in [3.05, 3.63) is 138 Å². The van der Waals surface area contributed by atoms with Crippen molar-refractivity contribution in [2.45, 2.75) is 25.6 Å². The standard InChI is InChI=1S/C31H27N5OS/c1-22-9-13-25(14-10-22)37-26-15-11-24(12-16-26)36-30(29(34-31(36)38)27-7-2-3-18-33-27)28-8-5-19-35(28)21-23-6-4-17-32-20-23/h2-20,29-30H,21H2,1H3,(H,34,38)/t29-,30+/m0/s1. The van der Waals surface area contributed by atoms with E-state index in [1.54, 1.807) is 6.20 Å². The molecule has 0 amide bonds. The van der Waals surface area contributed by atoms with E-state index >= 15 is 0 Å². The van der Waals surface area contributed by atoms with Crippen molar-refractivity contribution in [2.24, 2.45) is 0 Å². The molecule has 1 N–H and O–H groups in total. The van der Waals surface area contributed by atoms with Gasteiger partial charge in [0.2, 0.25) is 0 Å². The number of ether oxygens (including phenoxy) is 1. The number of hydrogen-bond donors (Lipinski definition) is 1. The summed E-state index contributed by atoms with van der Waals surface area (Å²) in [6.45, 7) is 2.78. The van der Waals surface area contributed by atoms with E-state index in [1.807, 2.05) is 73.1 Å². The van der Waals surface area contributed by atoms with E-state index in [0.717, 1.165) is 34.1 Å². The van der Waals surface area contributed by atoms with Crippen LogP contribution in [0, 0.1) is 6.92 Å². The first-order valence-corrected chi connectivity index (χ1v) is 13.0. The van der Waals surface area contributed by atoms with Gasteiger partial charge in [-0.15, -0.1) is 0 Å². The number of aryl methyl sites for hydroxylation is 1. The Morgan fingerprint density at radius 2 is 1.66 bits per heavy atom. The number of hydrogen-bond acceptors (Lipinski definition) is 4. The van der Waals surface area contributed by atoms with Gasteiger partial charge in [-0.1, -0.05) is 29.8 Å². The number of aromatic nitrogens is 3. The lowest BCUT2D eigenvalue weighted by molar-refractivity contribution is 0.482. The SMILES string of the molecule is Cc1ccc(Oc2ccc(N3C(=S)N[C@@H](c4ccccn4)[C@H]3c3cccn3Cc3cccnc3)cc2)cc1. The third kappa shape index (κ3) is 4.88. The van der Waals surface area contributed by atoms with Crippen molar-refractivity contribution >= 4 is 23.0 Å². The van der Waals surface area contributed by atoms with Crippen LogP contribution in [0.4, 0.5) is 5.69 Å². The van der Waals surface area contributed by atoms with Crippen LogP contribution in [0.25, 0.3) is 0 Å². The zero-order chi connectivity index (χ0) is 25.9. The zero-order valence-electron chi connectivity index (χ0n) is 20.9. The predicted molar refractivity (Wildman–Crippen MR) is 153 cm³/mol. The van der Waals surface area contributed by atoms with E-state index in [0.29, 0.717) is 11.7 Å². The number of anilines is 1. The summed E-state index contributed by atoms with van der Waals surface area (Å²) < 4.78 is 8.32. The molecule has 6 nitrogen and oxygen atoms in total. The Morgan fingerprint density at radius 3 is 2.37 bits per heavy atom. The Balaban J connectivity index is 1.35. The Bertz CT molecular complexity index is 1520. The monoisotopic (exact) mass is 517 g/mol. The lowest BCUT2D eigenvalue weighted by atomic mass is 10.0. The van der Waals surface area contributed by atoms with Crippen molar-refractivity contribution in [2.75, 3.05) is 4.90 Å². The van der Waals surface area contributed by atoms with Gasteiger partial charge < -0.3 is 19.5 Å². The summed E-state index contributed by atoms with van der Waals surface area (Å²) in [5.74, 6) is 1.58. The van der Waals surface area contributed by atoms with Crippen LogP contribution in [0.15, 0.2) is 116 Å². The molecule has 3 aromatic heterocycles. The molecule has 0 aliphatic carbocycles. The third-order valence-corrected chi connectivity index (χ3v) is 7.03. The highest BCUT2D eigenvalue weighted by atomic mass is 32.1. The Labute approximate surface area is 227 Å². The molecule has 188 valence electrons. The van der Waals surface area contributed by atoms with Crippen LogP contribution in [0.3, 0.4) is 0 Å². The Morgan fingerprint density at radius 1 is 0.868 bits per heavy atom. The summed E-state index contributed by atoms with van der Waals surface area (Å²) in [5.41, 5.74) is 5.39. The largest absolute Gasteiger partial charge is 0.457 e. The van der Waals surface area contributed by atoms with Gasteiger partial charge in [0.05, 0.1) is 11.7 Å². The van der Waals surface area contributed by atoms with Gasteiger partial charge in [-0.2, -0.15) is 0 Å². The van der Waals surface area contributed by atoms with Crippen molar-refractivity contribution in [3.63, 3.8) is 0 Å². The van der Waals surface area contributed by atoms with Crippen LogP contribution in [-0.4, -0.2) is 19.6 Å². The molecule has 0 spiro atoms. The smallest absolute Gasteiger partial charge is 0.174 e. The molecule has 0 radical (unpaired) electrons. The van der Waals surface area contributed by atoms with E-state index in [1.165, 1.54) is 5.56 Å². The van der Waals surface area contributed by atoms with Crippen LogP contribution in [-0.2, 0) is 6.54 Å². The molecule has 0 saturated carbocycles. The number of nitrogens with one attached hydrogen (secondary N) is 1. The van der Waals surface area contributed by atoms with Gasteiger partial charge >= 0.3 is 0 Å². The normalized spacial score (nSPS) is 16.9. The second-order valence-electron chi connectivity index (χ2n) is 9.33. The van der Waals surface area contributed by atoms with E-state index in [4.69, 9.17) is 17.0 Å². The second kappa shape index (κ2) is 10.5. The zero-order valence-corrected chi connectivity index (χ0v) is 21.8. The van der Waals surface area contributed by atoms with Gasteiger partial charge in [-0.05, 0) is 91.4 Å². The number of nitrogens with zero attached hydrogens (tertiary/aromatic N) is 4. The van der Waals surface area contributed by atoms with Gasteiger partial charge in [-0.25, -0.2) is 0 Å². The lowest BCUT2D eigenvalue weighted by Crippen LogP contribution is -2.30. The van der Waals surface area contributed by atoms with E-state index < -0.39 is 0 Å². The van der Waals surface area contributed by atoms with Crippen LogP contribution in [0.5, 0.6) is 11.5 Å². The summed E-state index contributed by atoms with van der Waals surface area (Å²) in [5, 5.41) is 4.21. The quantitative estimate of drug-likeness (QED) is 0.245. The minimum Gasteiger partial charge on any atom is -0.457 e. The van der Waals surface area contributed by atoms with Crippen LogP contribution in [0.2, 0.25) is 0 Å². The van der Waals surface area contributed by atoms with Crippen LogP contribution < -0.4 is 15.0 Å². The van der Waals surface area contributed by atoms with Crippen molar-refractivity contribution < 1.29 is 4.74 Å². The molecule has 1 saturated heterocycles. The van der Waals surface area contributed by atoms with E-state index in [9.17, 15) is 0 Å². The minimum absolute atomic E-state index is 0.104. The van der Waals surface area contributed by atoms with Gasteiger partial charge in [0.1, 0.15) is 17.5 Å². The van der Waals surface area contributed by atoms with Gasteiger partial charge in [0.15, 0.2) is 5.11 Å². The highest BCUT2D eigenvalue weighted by Gasteiger charge is 2.42. The van der Waals surface area contributed by atoms with E-state index in [2.05, 4.69) is 68.2 Å². The van der Waals surface area contributed by atoms with Crippen molar-refractivity contribution in [3.8, 4) is 11.5 Å². The maximum Gasteiger partial charge on any atom is 0.174 e. The highest BCUT2D eigenvalue weighted by Crippen LogP contribution is 2.42. The highest BCUT2D eigenvalue weighted by molar-refractivity contribution is 7.80. The summed E-state index contributed by atoms with van der Waals surface area (Å²) in [6, 6.07) is 30.2. The first kappa shape index (κ1) is 23.9. The van der Waals surface area contributed by atoms with Gasteiger partial charge in [0.25, 0.3) is 0 Å². The summed E-state index contributed by atoms with van der Waals surface area (Å²) in [6.07, 6.45) is 7.63. The average molecular weight is 518 g/mol. The van der Waals surface area contributed by atoms with Gasteiger partial charge in [0, 0.05) is 42.7 Å². The first-order valence-electron chi connectivity index (χ1n) is 12.5. The van der Waals surface area contributed by atoms with Crippen molar-refractivity contribution in [1.29, 1.82) is 0 Å². The molecule has 5 aromatic rings. The minimum atomic E-state index is -0.116. The average Bonchev–Trinajstić information content (AvgIpc) is 3.55. The first-order chi connectivity index (χ1) is 18.7. The molecule has 7 heteroatoms. The molecule has 2 aromatic carbocycles. The van der Waals surface area contributed by atoms with E-state index in [-0.39, 0.29) is 12.1 Å². The molecule has 0 unspecified atom stereocenters. The molecular weight excluding hydrogens is 490 g/mol. The Hall–Kier alpha value is -4.49. The number of benzene rings is 2. The summed E-state index contributed by atoms with van der Waals surface area (Å²) in [4.78, 5) is 11.1. The fourth-order valence-corrected chi connectivity index (χ4v) is 5.22. The lowest BCUT2D eigenvalue weighted by Gasteiger charge is -2.29. The summed E-state index contributed by atoms with van der Waals surface area (Å²) in [7, 11) is 0. The molecule has 1 aliphatic rings. The Kier molecular flexibility index (Phi) is 6.58. The predicted octanol–water partition coefficient (Wildman–Crippen LogP) is 6.60. The van der Waals surface area contributed by atoms with Gasteiger partial charge in [-0.3, -0.25) is 9.97 Å². The topological polar surface area (TPSA) is 55.2 Å².